The lowest BCUT2D eigenvalue weighted by Crippen LogP contribution is -2.31. The van der Waals surface area contributed by atoms with Crippen LogP contribution in [0.2, 0.25) is 0 Å². The maximum absolute atomic E-state index is 12.1. The molecule has 3 heteroatoms. The van der Waals surface area contributed by atoms with E-state index < -0.39 is 0 Å². The summed E-state index contributed by atoms with van der Waals surface area (Å²) < 4.78 is 0. The van der Waals surface area contributed by atoms with Gasteiger partial charge in [0.1, 0.15) is 5.75 Å². The molecule has 2 unspecified atom stereocenters. The first-order valence-corrected chi connectivity index (χ1v) is 7.14. The molecular weight excluding hydrogens is 238 g/mol. The number of carbonyl (C=O) groups excluding carboxylic acids is 1. The summed E-state index contributed by atoms with van der Waals surface area (Å²) in [6, 6.07) is 4.87. The van der Waals surface area contributed by atoms with Crippen LogP contribution in [0.25, 0.3) is 0 Å². The number of hydrogen-bond donors (Lipinski definition) is 2. The fourth-order valence-corrected chi connectivity index (χ4v) is 2.98. The van der Waals surface area contributed by atoms with E-state index in [1.807, 2.05) is 6.92 Å². The zero-order valence-corrected chi connectivity index (χ0v) is 11.8. The fourth-order valence-electron chi connectivity index (χ4n) is 2.98. The summed E-state index contributed by atoms with van der Waals surface area (Å²) in [7, 11) is 0. The SMILES string of the molecule is Cc1cc(O)ccc1C(=O)NCC1CCCC(C)C1. The molecule has 0 bridgehead atoms. The zero-order valence-electron chi connectivity index (χ0n) is 11.8. The number of rotatable bonds is 3. The molecule has 1 aromatic rings. The number of benzene rings is 1. The zero-order chi connectivity index (χ0) is 13.8. The van der Waals surface area contributed by atoms with Crippen molar-refractivity contribution in [2.24, 2.45) is 11.8 Å². The van der Waals surface area contributed by atoms with E-state index >= 15 is 0 Å². The van der Waals surface area contributed by atoms with E-state index in [2.05, 4.69) is 12.2 Å². The van der Waals surface area contributed by atoms with Gasteiger partial charge in [0.15, 0.2) is 0 Å². The van der Waals surface area contributed by atoms with E-state index in [4.69, 9.17) is 0 Å². The normalized spacial score (nSPS) is 23.1. The fraction of sp³-hybridized carbons (Fsp3) is 0.562. The Hall–Kier alpha value is -1.51. The third kappa shape index (κ3) is 3.72. The van der Waals surface area contributed by atoms with E-state index in [9.17, 15) is 9.90 Å². The minimum atomic E-state index is -0.0317. The van der Waals surface area contributed by atoms with E-state index in [0.717, 1.165) is 18.0 Å². The van der Waals surface area contributed by atoms with Crippen molar-refractivity contribution in [1.82, 2.24) is 5.32 Å². The standard InChI is InChI=1S/C16H23NO2/c1-11-4-3-5-13(8-11)10-17-16(19)15-7-6-14(18)9-12(15)2/h6-7,9,11,13,18H,3-5,8,10H2,1-2H3,(H,17,19). The molecular formula is C16H23NO2. The number of hydrogen-bond acceptors (Lipinski definition) is 2. The number of aryl methyl sites for hydroxylation is 1. The first-order valence-electron chi connectivity index (χ1n) is 7.14. The van der Waals surface area contributed by atoms with Crippen LogP contribution in [0.1, 0.15) is 48.5 Å². The summed E-state index contributed by atoms with van der Waals surface area (Å²) >= 11 is 0. The van der Waals surface area contributed by atoms with Gasteiger partial charge < -0.3 is 10.4 Å². The van der Waals surface area contributed by atoms with Gasteiger partial charge in [-0.1, -0.05) is 19.8 Å². The maximum atomic E-state index is 12.1. The van der Waals surface area contributed by atoms with Gasteiger partial charge in [-0.05, 0) is 55.4 Å². The lowest BCUT2D eigenvalue weighted by Gasteiger charge is -2.26. The molecule has 1 aromatic carbocycles. The number of nitrogens with one attached hydrogen (secondary N) is 1. The highest BCUT2D eigenvalue weighted by atomic mass is 16.3. The van der Waals surface area contributed by atoms with Crippen molar-refractivity contribution >= 4 is 5.91 Å². The molecule has 0 spiro atoms. The molecule has 0 aliphatic heterocycles. The quantitative estimate of drug-likeness (QED) is 0.877. The van der Waals surface area contributed by atoms with E-state index in [1.54, 1.807) is 18.2 Å². The van der Waals surface area contributed by atoms with Crippen molar-refractivity contribution in [3.8, 4) is 5.75 Å². The third-order valence-corrected chi connectivity index (χ3v) is 4.05. The van der Waals surface area contributed by atoms with Crippen LogP contribution in [0.5, 0.6) is 5.75 Å². The number of carbonyl (C=O) groups is 1. The highest BCUT2D eigenvalue weighted by molar-refractivity contribution is 5.95. The molecule has 19 heavy (non-hydrogen) atoms. The van der Waals surface area contributed by atoms with Crippen LogP contribution in [-0.4, -0.2) is 17.6 Å². The highest BCUT2D eigenvalue weighted by Gasteiger charge is 2.19. The second kappa shape index (κ2) is 6.09. The van der Waals surface area contributed by atoms with Gasteiger partial charge in [-0.3, -0.25) is 4.79 Å². The molecule has 1 fully saturated rings. The molecule has 104 valence electrons. The van der Waals surface area contributed by atoms with Crippen LogP contribution in [0, 0.1) is 18.8 Å². The van der Waals surface area contributed by atoms with Crippen molar-refractivity contribution in [2.45, 2.75) is 39.5 Å². The van der Waals surface area contributed by atoms with Crippen LogP contribution < -0.4 is 5.32 Å². The Labute approximate surface area is 115 Å². The van der Waals surface area contributed by atoms with E-state index in [1.165, 1.54) is 25.7 Å². The average Bonchev–Trinajstić information content (AvgIpc) is 2.36. The van der Waals surface area contributed by atoms with Crippen molar-refractivity contribution in [3.05, 3.63) is 29.3 Å². The Bertz CT molecular complexity index is 456. The summed E-state index contributed by atoms with van der Waals surface area (Å²) in [5.41, 5.74) is 1.47. The number of phenolic OH excluding ortho intramolecular Hbond substituents is 1. The van der Waals surface area contributed by atoms with Gasteiger partial charge in [0, 0.05) is 12.1 Å². The molecule has 0 heterocycles. The van der Waals surface area contributed by atoms with Crippen molar-refractivity contribution in [1.29, 1.82) is 0 Å². The van der Waals surface area contributed by atoms with Gasteiger partial charge in [0.25, 0.3) is 5.91 Å². The molecule has 3 nitrogen and oxygen atoms in total. The lowest BCUT2D eigenvalue weighted by molar-refractivity contribution is 0.0940. The molecule has 2 atom stereocenters. The Morgan fingerprint density at radius 2 is 2.21 bits per heavy atom. The van der Waals surface area contributed by atoms with Gasteiger partial charge in [-0.25, -0.2) is 0 Å². The van der Waals surface area contributed by atoms with E-state index in [0.29, 0.717) is 11.5 Å². The lowest BCUT2D eigenvalue weighted by atomic mass is 9.82. The monoisotopic (exact) mass is 261 g/mol. The first kappa shape index (κ1) is 13.9. The Morgan fingerprint density at radius 3 is 2.89 bits per heavy atom. The first-order chi connectivity index (χ1) is 9.06. The predicted molar refractivity (Wildman–Crippen MR) is 76.3 cm³/mol. The van der Waals surface area contributed by atoms with Gasteiger partial charge in [0.2, 0.25) is 0 Å². The van der Waals surface area contributed by atoms with E-state index in [-0.39, 0.29) is 11.7 Å². The average molecular weight is 261 g/mol. The van der Waals surface area contributed by atoms with Gasteiger partial charge in [0.05, 0.1) is 0 Å². The molecule has 0 radical (unpaired) electrons. The van der Waals surface area contributed by atoms with Crippen molar-refractivity contribution < 1.29 is 9.90 Å². The number of phenols is 1. The molecule has 2 rings (SSSR count). The maximum Gasteiger partial charge on any atom is 0.251 e. The Morgan fingerprint density at radius 1 is 1.42 bits per heavy atom. The minimum absolute atomic E-state index is 0.0317. The number of aromatic hydroxyl groups is 1. The summed E-state index contributed by atoms with van der Waals surface area (Å²) in [6.45, 7) is 4.90. The summed E-state index contributed by atoms with van der Waals surface area (Å²) in [4.78, 5) is 12.1. The van der Waals surface area contributed by atoms with Crippen LogP contribution in [0.3, 0.4) is 0 Å². The second-order valence-electron chi connectivity index (χ2n) is 5.85. The van der Waals surface area contributed by atoms with Crippen LogP contribution in [-0.2, 0) is 0 Å². The largest absolute Gasteiger partial charge is 0.508 e. The predicted octanol–water partition coefficient (Wildman–Crippen LogP) is 3.26. The molecule has 1 amide bonds. The third-order valence-electron chi connectivity index (χ3n) is 4.05. The molecule has 0 aromatic heterocycles. The van der Waals surface area contributed by atoms with Crippen LogP contribution >= 0.6 is 0 Å². The Kier molecular flexibility index (Phi) is 4.46. The second-order valence-corrected chi connectivity index (χ2v) is 5.85. The van der Waals surface area contributed by atoms with Gasteiger partial charge >= 0.3 is 0 Å². The smallest absolute Gasteiger partial charge is 0.251 e. The van der Waals surface area contributed by atoms with Crippen molar-refractivity contribution in [3.63, 3.8) is 0 Å². The molecule has 1 saturated carbocycles. The van der Waals surface area contributed by atoms with Gasteiger partial charge in [-0.15, -0.1) is 0 Å². The molecule has 2 N–H and O–H groups in total. The number of amides is 1. The molecule has 0 saturated heterocycles. The summed E-state index contributed by atoms with van der Waals surface area (Å²) in [5.74, 6) is 1.57. The highest BCUT2D eigenvalue weighted by Crippen LogP contribution is 2.28. The topological polar surface area (TPSA) is 49.3 Å². The molecule has 1 aliphatic carbocycles. The van der Waals surface area contributed by atoms with Crippen LogP contribution in [0.4, 0.5) is 0 Å². The van der Waals surface area contributed by atoms with Gasteiger partial charge in [-0.2, -0.15) is 0 Å². The summed E-state index contributed by atoms with van der Waals surface area (Å²) in [6.07, 6.45) is 5.04. The van der Waals surface area contributed by atoms with Crippen LogP contribution in [0.15, 0.2) is 18.2 Å². The summed E-state index contributed by atoms with van der Waals surface area (Å²) in [5, 5.41) is 12.4. The Balaban J connectivity index is 1.90. The van der Waals surface area contributed by atoms with Crippen molar-refractivity contribution in [2.75, 3.05) is 6.54 Å². The molecule has 1 aliphatic rings. The minimum Gasteiger partial charge on any atom is -0.508 e.